The Kier molecular flexibility index (Phi) is 6.32. The van der Waals surface area contributed by atoms with E-state index in [1.807, 2.05) is 22.4 Å². The maximum Gasteiger partial charge on any atom is 0.269 e. The number of nitrogens with zero attached hydrogens (tertiary/aromatic N) is 4. The summed E-state index contributed by atoms with van der Waals surface area (Å²) in [4.78, 5) is 27.1. The Morgan fingerprint density at radius 2 is 2.07 bits per heavy atom. The van der Waals surface area contributed by atoms with Crippen LogP contribution in [0.25, 0.3) is 0 Å². The molecule has 6 heteroatoms. The molecule has 150 valence electrons. The molecule has 1 aliphatic rings. The average molecular weight is 407 g/mol. The fraction of sp³-hybridized carbons (Fsp3) is 0.348. The van der Waals surface area contributed by atoms with Gasteiger partial charge in [-0.05, 0) is 35.8 Å². The number of carbonyl (C=O) groups is 1. The summed E-state index contributed by atoms with van der Waals surface area (Å²) >= 11 is 1.48. The third-order valence-corrected chi connectivity index (χ3v) is 6.44. The number of hydrogen-bond acceptors (Lipinski definition) is 5. The second-order valence-corrected chi connectivity index (χ2v) is 8.53. The normalized spacial score (nSPS) is 19.8. The van der Waals surface area contributed by atoms with Gasteiger partial charge < -0.3 is 4.90 Å². The van der Waals surface area contributed by atoms with Gasteiger partial charge in [0, 0.05) is 38.1 Å². The van der Waals surface area contributed by atoms with Crippen molar-refractivity contribution in [1.82, 2.24) is 14.9 Å². The first-order chi connectivity index (χ1) is 14.2. The van der Waals surface area contributed by atoms with Crippen molar-refractivity contribution in [1.29, 1.82) is 0 Å². The molecule has 4 rings (SSSR count). The van der Waals surface area contributed by atoms with Gasteiger partial charge in [-0.15, -0.1) is 11.3 Å². The van der Waals surface area contributed by atoms with E-state index < -0.39 is 0 Å². The van der Waals surface area contributed by atoms with Crippen LogP contribution < -0.4 is 4.90 Å². The van der Waals surface area contributed by atoms with Crippen molar-refractivity contribution < 1.29 is 4.79 Å². The quantitative estimate of drug-likeness (QED) is 0.617. The number of hydrogen-bond donors (Lipinski definition) is 0. The molecule has 0 spiro atoms. The summed E-state index contributed by atoms with van der Waals surface area (Å²) in [6.07, 6.45) is 6.99. The summed E-state index contributed by atoms with van der Waals surface area (Å²) in [5.41, 5.74) is 1.37. The lowest BCUT2D eigenvalue weighted by Crippen LogP contribution is -2.53. The van der Waals surface area contributed by atoms with Gasteiger partial charge in [-0.1, -0.05) is 43.3 Å². The van der Waals surface area contributed by atoms with Gasteiger partial charge in [0.15, 0.2) is 5.82 Å². The summed E-state index contributed by atoms with van der Waals surface area (Å²) in [6.45, 7) is 5.25. The zero-order chi connectivity index (χ0) is 20.1. The number of aromatic nitrogens is 2. The molecule has 1 aliphatic heterocycles. The molecular weight excluding hydrogens is 380 g/mol. The smallest absolute Gasteiger partial charge is 0.269 e. The molecule has 1 fully saturated rings. The zero-order valence-corrected chi connectivity index (χ0v) is 17.5. The first-order valence-corrected chi connectivity index (χ1v) is 11.0. The summed E-state index contributed by atoms with van der Waals surface area (Å²) < 4.78 is 0. The van der Waals surface area contributed by atoms with Crippen molar-refractivity contribution in [2.24, 2.45) is 5.92 Å². The molecule has 0 aliphatic carbocycles. The SMILES string of the molecule is CC1CN(CCc2ccccc2)CCC1N(C(=O)c1cccs1)c1cnccn1. The molecule has 0 bridgehead atoms. The van der Waals surface area contributed by atoms with E-state index in [0.717, 1.165) is 37.4 Å². The van der Waals surface area contributed by atoms with Crippen LogP contribution in [0, 0.1) is 5.92 Å². The Balaban J connectivity index is 1.47. The highest BCUT2D eigenvalue weighted by Gasteiger charge is 2.35. The van der Waals surface area contributed by atoms with Crippen LogP contribution in [-0.2, 0) is 6.42 Å². The van der Waals surface area contributed by atoms with Gasteiger partial charge in [0.2, 0.25) is 0 Å². The number of thiophene rings is 1. The average Bonchev–Trinajstić information content (AvgIpc) is 3.30. The summed E-state index contributed by atoms with van der Waals surface area (Å²) in [5, 5.41) is 1.94. The molecular formula is C23H26N4OS. The van der Waals surface area contributed by atoms with Gasteiger partial charge in [-0.3, -0.25) is 14.7 Å². The molecule has 0 N–H and O–H groups in total. The molecule has 2 unspecified atom stereocenters. The van der Waals surface area contributed by atoms with Crippen LogP contribution in [0.4, 0.5) is 5.82 Å². The number of amides is 1. The van der Waals surface area contributed by atoms with E-state index in [1.165, 1.54) is 16.9 Å². The first-order valence-electron chi connectivity index (χ1n) is 10.1. The molecule has 29 heavy (non-hydrogen) atoms. The lowest BCUT2D eigenvalue weighted by atomic mass is 9.91. The molecule has 2 atom stereocenters. The van der Waals surface area contributed by atoms with E-state index in [-0.39, 0.29) is 11.9 Å². The predicted octanol–water partition coefficient (Wildman–Crippen LogP) is 4.14. The minimum absolute atomic E-state index is 0.0232. The third kappa shape index (κ3) is 4.71. The van der Waals surface area contributed by atoms with E-state index in [9.17, 15) is 4.79 Å². The fourth-order valence-corrected chi connectivity index (χ4v) is 4.76. The van der Waals surface area contributed by atoms with Gasteiger partial charge >= 0.3 is 0 Å². The molecule has 0 saturated carbocycles. The Hall–Kier alpha value is -2.57. The summed E-state index contributed by atoms with van der Waals surface area (Å²) in [5.74, 6) is 1.01. The van der Waals surface area contributed by atoms with Crippen LogP contribution in [0.5, 0.6) is 0 Å². The van der Waals surface area contributed by atoms with E-state index in [0.29, 0.717) is 11.7 Å². The molecule has 1 saturated heterocycles. The van der Waals surface area contributed by atoms with E-state index in [4.69, 9.17) is 0 Å². The van der Waals surface area contributed by atoms with E-state index >= 15 is 0 Å². The van der Waals surface area contributed by atoms with Crippen LogP contribution in [0.2, 0.25) is 0 Å². The molecule has 3 heterocycles. The Labute approximate surface area is 176 Å². The largest absolute Gasteiger partial charge is 0.303 e. The highest BCUT2D eigenvalue weighted by molar-refractivity contribution is 7.12. The highest BCUT2D eigenvalue weighted by Crippen LogP contribution is 2.28. The lowest BCUT2D eigenvalue weighted by Gasteiger charge is -2.42. The second-order valence-electron chi connectivity index (χ2n) is 7.59. The standard InChI is InChI=1S/C23H26N4OS/c1-18-17-26(13-9-19-6-3-2-4-7-19)14-10-20(18)27(22-16-24-11-12-25-22)23(28)21-8-5-15-29-21/h2-8,11-12,15-16,18,20H,9-10,13-14,17H2,1H3. The third-order valence-electron chi connectivity index (χ3n) is 5.58. The highest BCUT2D eigenvalue weighted by atomic mass is 32.1. The van der Waals surface area contributed by atoms with Crippen LogP contribution in [-0.4, -0.2) is 46.5 Å². The van der Waals surface area contributed by atoms with Crippen LogP contribution in [0.15, 0.2) is 66.4 Å². The van der Waals surface area contributed by atoms with Crippen molar-refractivity contribution in [3.8, 4) is 0 Å². The molecule has 5 nitrogen and oxygen atoms in total. The monoisotopic (exact) mass is 406 g/mol. The zero-order valence-electron chi connectivity index (χ0n) is 16.6. The number of carbonyl (C=O) groups excluding carboxylic acids is 1. The topological polar surface area (TPSA) is 49.3 Å². The van der Waals surface area contributed by atoms with Gasteiger partial charge in [-0.2, -0.15) is 0 Å². The number of anilines is 1. The molecule has 1 aromatic carbocycles. The predicted molar refractivity (Wildman–Crippen MR) is 117 cm³/mol. The van der Waals surface area contributed by atoms with Crippen molar-refractivity contribution >= 4 is 23.1 Å². The summed E-state index contributed by atoms with van der Waals surface area (Å²) in [6, 6.07) is 14.5. The van der Waals surface area contributed by atoms with Crippen LogP contribution >= 0.6 is 11.3 Å². The Bertz CT molecular complexity index is 901. The number of benzene rings is 1. The Morgan fingerprint density at radius 3 is 2.76 bits per heavy atom. The lowest BCUT2D eigenvalue weighted by molar-refractivity contribution is 0.0935. The molecule has 3 aromatic rings. The number of likely N-dealkylation sites (tertiary alicyclic amines) is 1. The van der Waals surface area contributed by atoms with Crippen molar-refractivity contribution in [2.75, 3.05) is 24.5 Å². The maximum absolute atomic E-state index is 13.3. The molecule has 2 aromatic heterocycles. The molecule has 1 amide bonds. The van der Waals surface area contributed by atoms with Crippen molar-refractivity contribution in [2.45, 2.75) is 25.8 Å². The van der Waals surface area contributed by atoms with E-state index in [2.05, 4.69) is 52.1 Å². The van der Waals surface area contributed by atoms with Gasteiger partial charge in [0.05, 0.1) is 11.1 Å². The van der Waals surface area contributed by atoms with Gasteiger partial charge in [-0.25, -0.2) is 4.98 Å². The second kappa shape index (κ2) is 9.29. The van der Waals surface area contributed by atoms with Crippen LogP contribution in [0.3, 0.4) is 0 Å². The molecule has 0 radical (unpaired) electrons. The van der Waals surface area contributed by atoms with Gasteiger partial charge in [0.1, 0.15) is 0 Å². The maximum atomic E-state index is 13.3. The number of piperidine rings is 1. The first kappa shape index (κ1) is 19.7. The van der Waals surface area contributed by atoms with Crippen molar-refractivity contribution in [3.05, 3.63) is 76.9 Å². The van der Waals surface area contributed by atoms with Crippen molar-refractivity contribution in [3.63, 3.8) is 0 Å². The van der Waals surface area contributed by atoms with Crippen LogP contribution in [0.1, 0.15) is 28.6 Å². The van der Waals surface area contributed by atoms with E-state index in [1.54, 1.807) is 18.6 Å². The van der Waals surface area contributed by atoms with Gasteiger partial charge in [0.25, 0.3) is 5.91 Å². The number of rotatable bonds is 6. The summed E-state index contributed by atoms with van der Waals surface area (Å²) in [7, 11) is 0. The minimum Gasteiger partial charge on any atom is -0.303 e. The minimum atomic E-state index is 0.0232. The fourth-order valence-electron chi connectivity index (χ4n) is 4.10. The Morgan fingerprint density at radius 1 is 1.21 bits per heavy atom.